The van der Waals surface area contributed by atoms with Crippen molar-refractivity contribution >= 4 is 28.9 Å². The third-order valence-corrected chi connectivity index (χ3v) is 17.3. The normalized spacial score (nSPS) is 25.6. The Morgan fingerprint density at radius 1 is 0.913 bits per heavy atom. The van der Waals surface area contributed by atoms with Crippen molar-refractivity contribution in [3.63, 3.8) is 0 Å². The molecule has 4 aromatic rings. The summed E-state index contributed by atoms with van der Waals surface area (Å²) < 4.78 is 0. The van der Waals surface area contributed by atoms with E-state index in [1.165, 1.54) is 54.9 Å². The van der Waals surface area contributed by atoms with Gasteiger partial charge >= 0.3 is 6.03 Å². The number of urea groups is 1. The third-order valence-electron chi connectivity index (χ3n) is 17.3. The number of aliphatic hydroxyl groups excluding tert-OH is 1. The molecule has 7 heterocycles. The molecule has 7 aliphatic rings. The number of benzene rings is 2. The van der Waals surface area contributed by atoms with Gasteiger partial charge in [0.05, 0.1) is 11.8 Å². The summed E-state index contributed by atoms with van der Waals surface area (Å²) in [6, 6.07) is 16.9. The van der Waals surface area contributed by atoms with Crippen molar-refractivity contribution in [2.24, 2.45) is 16.2 Å². The Hall–Kier alpha value is -5.53. The molecule has 0 bridgehead atoms. The molecule has 4 atom stereocenters. The number of carbonyl (C=O) groups is 3. The molecule has 11 rings (SSSR count). The number of rotatable bonds is 9. The minimum Gasteiger partial charge on any atom is -0.507 e. The Labute approximate surface area is 405 Å². The van der Waals surface area contributed by atoms with Crippen molar-refractivity contribution in [1.29, 1.82) is 0 Å². The lowest BCUT2D eigenvalue weighted by Gasteiger charge is -2.68. The first kappa shape index (κ1) is 45.9. The van der Waals surface area contributed by atoms with Crippen molar-refractivity contribution in [1.82, 2.24) is 50.3 Å². The number of β-amino-alcohol motifs (C(OH)–C–C–N with tert-alkyl or cyclic N) is 1. The minimum atomic E-state index is -0.862. The average molecular weight is 937 g/mol. The predicted octanol–water partition coefficient (Wildman–Crippen LogP) is 5.03. The number of H-pyrrole nitrogens is 1. The van der Waals surface area contributed by atoms with Crippen LogP contribution in [0.4, 0.5) is 4.79 Å². The number of hydrogen-bond acceptors (Lipinski definition) is 10. The second-order valence-electron chi connectivity index (χ2n) is 23.0. The standard InChI is InChI=1S/C54H68N10O5/c1-6-34-11-13-35(14-12-34)27-55-49(67)44-21-39(65)28-64(44)50(68)47(52(3,4)5)57-51(69)62-31-54(32-62)25-38(26-54)61-29-53(30-61)23-37(24-53)60-18-15-36(16-19-60)63-20-17-42-46(33(63)2)41-22-43(58-59-48(41)56-42)40-9-7-8-10-45(40)66/h1,7-14,22,33,36-39,44,47,65-66H,15-21,23-32H2,2-5H3,(H,55,67)(H,56,59)(H,57,69)/t33-,39-,44+,47-/m1/s1. The van der Waals surface area contributed by atoms with Crippen LogP contribution in [0.3, 0.4) is 0 Å². The topological polar surface area (TPSA) is 173 Å². The number of carbonyl (C=O) groups excluding carboxylic acids is 3. The number of aromatic hydroxyl groups is 1. The molecule has 69 heavy (non-hydrogen) atoms. The number of likely N-dealkylation sites (tertiary alicyclic amines) is 4. The highest BCUT2D eigenvalue weighted by molar-refractivity contribution is 5.93. The Morgan fingerprint density at radius 2 is 1.59 bits per heavy atom. The van der Waals surface area contributed by atoms with Gasteiger partial charge in [-0.15, -0.1) is 16.6 Å². The maximum Gasteiger partial charge on any atom is 0.318 e. The van der Waals surface area contributed by atoms with Crippen LogP contribution in [0.15, 0.2) is 54.6 Å². The monoisotopic (exact) mass is 937 g/mol. The summed E-state index contributed by atoms with van der Waals surface area (Å²) in [6.45, 7) is 15.5. The number of nitrogens with one attached hydrogen (secondary N) is 3. The van der Waals surface area contributed by atoms with Crippen molar-refractivity contribution in [3.05, 3.63) is 77.0 Å². The SMILES string of the molecule is C#Cc1ccc(CNC(=O)[C@@H]2C[C@@H](O)CN2C(=O)[C@@H](NC(=O)N2CC3(CC(N4CC5(CC(N6CCC(N7CCc8[nH]c9nnc(-c%10ccccc%10O)cc9c8[C@H]7C)CC6)C5)C4)C3)C2)C(C)(C)C)cc1. The molecule has 0 unspecified atom stereocenters. The largest absolute Gasteiger partial charge is 0.507 e. The smallest absolute Gasteiger partial charge is 0.318 e. The highest BCUT2D eigenvalue weighted by Gasteiger charge is 2.61. The zero-order valence-corrected chi connectivity index (χ0v) is 40.6. The first-order valence-corrected chi connectivity index (χ1v) is 25.4. The fraction of sp³-hybridized carbons (Fsp3) is 0.574. The number of aliphatic hydroxyl groups is 1. The van der Waals surface area contributed by atoms with E-state index in [-0.39, 0.29) is 54.6 Å². The van der Waals surface area contributed by atoms with Crippen LogP contribution in [0.2, 0.25) is 0 Å². The van der Waals surface area contributed by atoms with Gasteiger partial charge in [-0.25, -0.2) is 4.79 Å². The Morgan fingerprint density at radius 3 is 2.28 bits per heavy atom. The fourth-order valence-corrected chi connectivity index (χ4v) is 13.5. The van der Waals surface area contributed by atoms with Gasteiger partial charge < -0.3 is 40.5 Å². The van der Waals surface area contributed by atoms with Crippen LogP contribution in [0, 0.1) is 28.6 Å². The van der Waals surface area contributed by atoms with Crippen LogP contribution in [-0.2, 0) is 22.6 Å². The van der Waals surface area contributed by atoms with Crippen LogP contribution < -0.4 is 10.6 Å². The van der Waals surface area contributed by atoms with E-state index in [0.717, 1.165) is 61.1 Å². The number of hydrogen-bond donors (Lipinski definition) is 5. The second kappa shape index (κ2) is 17.4. The van der Waals surface area contributed by atoms with E-state index < -0.39 is 23.6 Å². The molecule has 5 N–H and O–H groups in total. The summed E-state index contributed by atoms with van der Waals surface area (Å²) in [5.41, 5.74) is 6.45. The lowest BCUT2D eigenvalue weighted by Crippen LogP contribution is -2.74. The summed E-state index contributed by atoms with van der Waals surface area (Å²) in [5, 5.41) is 37.2. The molecule has 2 saturated carbocycles. The molecule has 6 fully saturated rings. The van der Waals surface area contributed by atoms with Gasteiger partial charge in [0.25, 0.3) is 0 Å². The number of phenols is 1. The molecular formula is C54H68N10O5. The molecule has 4 amide bonds. The molecule has 2 aliphatic carbocycles. The van der Waals surface area contributed by atoms with Crippen LogP contribution in [-0.4, -0.2) is 156 Å². The maximum absolute atomic E-state index is 14.2. The highest BCUT2D eigenvalue weighted by atomic mass is 16.3. The Balaban J connectivity index is 0.615. The molecule has 364 valence electrons. The van der Waals surface area contributed by atoms with E-state index in [4.69, 9.17) is 6.42 Å². The maximum atomic E-state index is 14.2. The summed E-state index contributed by atoms with van der Waals surface area (Å²) >= 11 is 0. The van der Waals surface area contributed by atoms with Gasteiger partial charge in [0.15, 0.2) is 5.65 Å². The number of aromatic nitrogens is 3. The number of aromatic amines is 1. The van der Waals surface area contributed by atoms with E-state index in [0.29, 0.717) is 47.9 Å². The molecular weight excluding hydrogens is 869 g/mol. The first-order valence-electron chi connectivity index (χ1n) is 25.4. The van der Waals surface area contributed by atoms with Crippen molar-refractivity contribution in [2.45, 2.75) is 128 Å². The van der Waals surface area contributed by atoms with E-state index in [2.05, 4.69) is 59.4 Å². The Bertz CT molecular complexity index is 2650. The van der Waals surface area contributed by atoms with Crippen LogP contribution in [0.5, 0.6) is 5.75 Å². The zero-order valence-electron chi connectivity index (χ0n) is 40.6. The molecule has 2 aromatic carbocycles. The number of para-hydroxylation sites is 1. The van der Waals surface area contributed by atoms with Crippen molar-refractivity contribution in [3.8, 4) is 29.4 Å². The lowest BCUT2D eigenvalue weighted by atomic mass is 9.55. The van der Waals surface area contributed by atoms with Gasteiger partial charge in [0.2, 0.25) is 11.8 Å². The number of fused-ring (bicyclic) bond motifs is 3. The number of terminal acetylenes is 1. The number of piperidine rings is 1. The molecule has 4 saturated heterocycles. The fourth-order valence-electron chi connectivity index (χ4n) is 13.5. The lowest BCUT2D eigenvalue weighted by molar-refractivity contribution is -0.174. The van der Waals surface area contributed by atoms with E-state index in [1.807, 2.05) is 68.1 Å². The summed E-state index contributed by atoms with van der Waals surface area (Å²) in [5.74, 6) is 2.12. The van der Waals surface area contributed by atoms with Crippen LogP contribution in [0.25, 0.3) is 22.3 Å². The van der Waals surface area contributed by atoms with Gasteiger partial charge in [-0.3, -0.25) is 19.4 Å². The Kier molecular flexibility index (Phi) is 11.6. The van der Waals surface area contributed by atoms with Gasteiger partial charge in [0, 0.05) is 110 Å². The predicted molar refractivity (Wildman–Crippen MR) is 263 cm³/mol. The van der Waals surface area contributed by atoms with Gasteiger partial charge in [-0.05, 0) is 111 Å². The average Bonchev–Trinajstić information content (AvgIpc) is 3.87. The first-order chi connectivity index (χ1) is 33.1. The highest BCUT2D eigenvalue weighted by Crippen LogP contribution is 2.57. The molecule has 0 radical (unpaired) electrons. The van der Waals surface area contributed by atoms with Gasteiger partial charge in [0.1, 0.15) is 17.8 Å². The zero-order chi connectivity index (χ0) is 48.0. The van der Waals surface area contributed by atoms with Gasteiger partial charge in [-0.2, -0.15) is 0 Å². The van der Waals surface area contributed by atoms with Crippen molar-refractivity contribution < 1.29 is 24.6 Å². The van der Waals surface area contributed by atoms with Crippen LogP contribution in [0.1, 0.15) is 101 Å². The van der Waals surface area contributed by atoms with E-state index in [9.17, 15) is 24.6 Å². The van der Waals surface area contributed by atoms with Crippen molar-refractivity contribution in [2.75, 3.05) is 52.4 Å². The quantitative estimate of drug-likeness (QED) is 0.144. The third kappa shape index (κ3) is 8.44. The molecule has 2 spiro atoms. The number of nitrogens with zero attached hydrogens (tertiary/aromatic N) is 7. The second-order valence-corrected chi connectivity index (χ2v) is 23.0. The van der Waals surface area contributed by atoms with E-state index >= 15 is 0 Å². The molecule has 15 nitrogen and oxygen atoms in total. The number of amides is 4. The van der Waals surface area contributed by atoms with E-state index in [1.54, 1.807) is 6.07 Å². The summed E-state index contributed by atoms with van der Waals surface area (Å²) in [4.78, 5) is 56.3. The van der Waals surface area contributed by atoms with Gasteiger partial charge in [-0.1, -0.05) is 51.0 Å². The molecule has 2 aromatic heterocycles. The van der Waals surface area contributed by atoms with Crippen LogP contribution >= 0.6 is 0 Å². The summed E-state index contributed by atoms with van der Waals surface area (Å²) in [6.07, 6.45) is 13.0. The molecule has 15 heteroatoms. The molecule has 5 aliphatic heterocycles. The summed E-state index contributed by atoms with van der Waals surface area (Å²) in [7, 11) is 0. The number of phenolic OH excluding ortho intramolecular Hbond substituents is 1. The minimum absolute atomic E-state index is 0.0391.